The van der Waals surface area contributed by atoms with Crippen LogP contribution < -0.4 is 9.73 Å². The molecule has 6 nitrogen and oxygen atoms in total. The highest BCUT2D eigenvalue weighted by atomic mass is 35.5. The summed E-state index contributed by atoms with van der Waals surface area (Å²) in [4.78, 5) is 12.5. The van der Waals surface area contributed by atoms with Gasteiger partial charge >= 0.3 is 0 Å². The molecule has 0 aliphatic carbocycles. The second kappa shape index (κ2) is 9.96. The lowest BCUT2D eigenvalue weighted by molar-refractivity contribution is -0.119. The van der Waals surface area contributed by atoms with Crippen LogP contribution in [0, 0.1) is 6.92 Å². The summed E-state index contributed by atoms with van der Waals surface area (Å²) in [6, 6.07) is 19.6. The van der Waals surface area contributed by atoms with Gasteiger partial charge in [0.25, 0.3) is 15.9 Å². The predicted molar refractivity (Wildman–Crippen MR) is 124 cm³/mol. The second-order valence-corrected chi connectivity index (χ2v) is 9.32. The van der Waals surface area contributed by atoms with Crippen molar-refractivity contribution in [2.24, 2.45) is 5.10 Å². The molecule has 9 heteroatoms. The number of anilines is 1. The lowest BCUT2D eigenvalue weighted by atomic mass is 10.2. The number of carbonyl (C=O) groups excluding carboxylic acids is 1. The number of benzene rings is 3. The predicted octanol–water partition coefficient (Wildman–Crippen LogP) is 4.65. The molecule has 0 aromatic heterocycles. The molecule has 0 unspecified atom stereocenters. The Labute approximate surface area is 191 Å². The van der Waals surface area contributed by atoms with Crippen molar-refractivity contribution in [1.82, 2.24) is 5.43 Å². The molecule has 31 heavy (non-hydrogen) atoms. The van der Waals surface area contributed by atoms with Crippen LogP contribution in [0.1, 0.15) is 11.1 Å². The van der Waals surface area contributed by atoms with E-state index in [-0.39, 0.29) is 4.90 Å². The van der Waals surface area contributed by atoms with Crippen molar-refractivity contribution in [3.8, 4) is 0 Å². The zero-order valence-corrected chi connectivity index (χ0v) is 18.8. The third-order valence-corrected chi connectivity index (χ3v) is 6.69. The lowest BCUT2D eigenvalue weighted by Crippen LogP contribution is -2.39. The van der Waals surface area contributed by atoms with E-state index >= 15 is 0 Å². The van der Waals surface area contributed by atoms with Crippen LogP contribution in [0.5, 0.6) is 0 Å². The van der Waals surface area contributed by atoms with Crippen LogP contribution in [0.3, 0.4) is 0 Å². The first-order valence-electron chi connectivity index (χ1n) is 9.19. The monoisotopic (exact) mass is 475 g/mol. The zero-order valence-electron chi connectivity index (χ0n) is 16.5. The molecule has 160 valence electrons. The maximum Gasteiger partial charge on any atom is 0.264 e. The van der Waals surface area contributed by atoms with Gasteiger partial charge in [-0.15, -0.1) is 0 Å². The Morgan fingerprint density at radius 2 is 1.65 bits per heavy atom. The van der Waals surface area contributed by atoms with Crippen molar-refractivity contribution >= 4 is 51.0 Å². The van der Waals surface area contributed by atoms with Crippen LogP contribution in [0.25, 0.3) is 0 Å². The normalized spacial score (nSPS) is 11.5. The maximum atomic E-state index is 13.3. The van der Waals surface area contributed by atoms with Gasteiger partial charge in [0.2, 0.25) is 0 Å². The fourth-order valence-corrected chi connectivity index (χ4v) is 4.41. The number of sulfonamides is 1. The van der Waals surface area contributed by atoms with Gasteiger partial charge in [0.1, 0.15) is 6.54 Å². The molecule has 0 aliphatic rings. The molecular formula is C22H19Cl2N3O3S. The fourth-order valence-electron chi connectivity index (χ4n) is 2.68. The standard InChI is InChI=1S/C22H19Cl2N3O3S/c1-16-6-10-19(11-7-16)27(31(29,30)20-12-8-18(23)9-13-20)15-22(28)26-25-14-17-4-2-3-5-21(17)24/h2-14H,15H2,1H3,(H,26,28)/b25-14-. The van der Waals surface area contributed by atoms with E-state index in [1.54, 1.807) is 48.5 Å². The van der Waals surface area contributed by atoms with Crippen LogP contribution in [0.2, 0.25) is 10.0 Å². The average molecular weight is 476 g/mol. The van der Waals surface area contributed by atoms with Crippen molar-refractivity contribution in [3.63, 3.8) is 0 Å². The Morgan fingerprint density at radius 1 is 1.00 bits per heavy atom. The average Bonchev–Trinajstić information content (AvgIpc) is 2.74. The Kier molecular flexibility index (Phi) is 7.33. The van der Waals surface area contributed by atoms with Gasteiger partial charge in [-0.3, -0.25) is 9.10 Å². The highest BCUT2D eigenvalue weighted by Crippen LogP contribution is 2.25. The number of hydrogen-bond donors (Lipinski definition) is 1. The first-order valence-corrected chi connectivity index (χ1v) is 11.4. The highest BCUT2D eigenvalue weighted by Gasteiger charge is 2.27. The van der Waals surface area contributed by atoms with Crippen molar-refractivity contribution in [1.29, 1.82) is 0 Å². The largest absolute Gasteiger partial charge is 0.271 e. The molecule has 3 aromatic carbocycles. The number of nitrogens with zero attached hydrogens (tertiary/aromatic N) is 2. The Balaban J connectivity index is 1.84. The number of hydrogen-bond acceptors (Lipinski definition) is 4. The van der Waals surface area contributed by atoms with E-state index < -0.39 is 22.5 Å². The van der Waals surface area contributed by atoms with Gasteiger partial charge in [-0.25, -0.2) is 13.8 Å². The number of amides is 1. The van der Waals surface area contributed by atoms with Gasteiger partial charge < -0.3 is 0 Å². The van der Waals surface area contributed by atoms with E-state index in [0.717, 1.165) is 9.87 Å². The second-order valence-electron chi connectivity index (χ2n) is 6.62. The van der Waals surface area contributed by atoms with E-state index in [2.05, 4.69) is 10.5 Å². The molecule has 0 fully saturated rings. The molecule has 3 rings (SSSR count). The Morgan fingerprint density at radius 3 is 2.29 bits per heavy atom. The first-order chi connectivity index (χ1) is 14.8. The molecule has 0 saturated heterocycles. The van der Waals surface area contributed by atoms with Gasteiger partial charge in [0.05, 0.1) is 16.8 Å². The van der Waals surface area contributed by atoms with Crippen LogP contribution in [-0.4, -0.2) is 27.1 Å². The summed E-state index contributed by atoms with van der Waals surface area (Å²) in [6.45, 7) is 1.42. The molecule has 0 aliphatic heterocycles. The van der Waals surface area contributed by atoms with Crippen LogP contribution >= 0.6 is 23.2 Å². The summed E-state index contributed by atoms with van der Waals surface area (Å²) in [6.07, 6.45) is 1.39. The quantitative estimate of drug-likeness (QED) is 0.399. The topological polar surface area (TPSA) is 78.8 Å². The van der Waals surface area contributed by atoms with Gasteiger partial charge in [0.15, 0.2) is 0 Å². The number of carbonyl (C=O) groups is 1. The minimum Gasteiger partial charge on any atom is -0.271 e. The molecule has 0 saturated carbocycles. The van der Waals surface area contributed by atoms with Crippen molar-refractivity contribution in [2.75, 3.05) is 10.8 Å². The molecule has 1 N–H and O–H groups in total. The number of halogens is 2. The molecule has 0 atom stereocenters. The van der Waals surface area contributed by atoms with E-state index in [0.29, 0.717) is 21.3 Å². The SMILES string of the molecule is Cc1ccc(N(CC(=O)N/N=C\c2ccccc2Cl)S(=O)(=O)c2ccc(Cl)cc2)cc1. The Bertz CT molecular complexity index is 1200. The smallest absolute Gasteiger partial charge is 0.264 e. The minimum absolute atomic E-state index is 0.0184. The number of aryl methyl sites for hydroxylation is 1. The number of hydrazone groups is 1. The summed E-state index contributed by atoms with van der Waals surface area (Å²) >= 11 is 11.9. The van der Waals surface area contributed by atoms with E-state index in [9.17, 15) is 13.2 Å². The molecule has 0 spiro atoms. The molecular weight excluding hydrogens is 457 g/mol. The number of nitrogens with one attached hydrogen (secondary N) is 1. The van der Waals surface area contributed by atoms with E-state index in [1.807, 2.05) is 6.92 Å². The highest BCUT2D eigenvalue weighted by molar-refractivity contribution is 7.92. The van der Waals surface area contributed by atoms with Gasteiger partial charge in [-0.2, -0.15) is 5.10 Å². The molecule has 0 bridgehead atoms. The summed E-state index contributed by atoms with van der Waals surface area (Å²) in [7, 11) is -4.02. The fraction of sp³-hybridized carbons (Fsp3) is 0.0909. The first kappa shape index (κ1) is 22.8. The van der Waals surface area contributed by atoms with Crippen molar-refractivity contribution in [3.05, 3.63) is 94.0 Å². The van der Waals surface area contributed by atoms with Crippen LogP contribution in [0.4, 0.5) is 5.69 Å². The number of rotatable bonds is 7. The molecule has 0 radical (unpaired) electrons. The minimum atomic E-state index is -4.02. The molecule has 0 heterocycles. The third-order valence-electron chi connectivity index (χ3n) is 4.31. The van der Waals surface area contributed by atoms with Gasteiger partial charge in [0, 0.05) is 15.6 Å². The summed E-state index contributed by atoms with van der Waals surface area (Å²) in [5.41, 5.74) is 4.28. The summed E-state index contributed by atoms with van der Waals surface area (Å²) in [5.74, 6) is -0.610. The summed E-state index contributed by atoms with van der Waals surface area (Å²) < 4.78 is 27.5. The third kappa shape index (κ3) is 5.85. The Hall–Kier alpha value is -2.87. The molecule has 1 amide bonds. The van der Waals surface area contributed by atoms with Crippen molar-refractivity contribution in [2.45, 2.75) is 11.8 Å². The lowest BCUT2D eigenvalue weighted by Gasteiger charge is -2.23. The van der Waals surface area contributed by atoms with Crippen molar-refractivity contribution < 1.29 is 13.2 Å². The van der Waals surface area contributed by atoms with Crippen LogP contribution in [0.15, 0.2) is 82.8 Å². The van der Waals surface area contributed by atoms with Gasteiger partial charge in [-0.05, 0) is 49.4 Å². The van der Waals surface area contributed by atoms with E-state index in [1.165, 1.54) is 30.5 Å². The summed E-state index contributed by atoms with van der Waals surface area (Å²) in [5, 5.41) is 4.77. The van der Waals surface area contributed by atoms with Crippen LogP contribution in [-0.2, 0) is 14.8 Å². The maximum absolute atomic E-state index is 13.3. The van der Waals surface area contributed by atoms with E-state index in [4.69, 9.17) is 23.2 Å². The molecule has 3 aromatic rings. The zero-order chi connectivity index (χ0) is 22.4. The van der Waals surface area contributed by atoms with Gasteiger partial charge in [-0.1, -0.05) is 59.1 Å².